The fourth-order valence-electron chi connectivity index (χ4n) is 2.85. The molecular formula is C18H23Br2N5O3. The number of hydrogen-bond acceptors (Lipinski definition) is 4. The van der Waals surface area contributed by atoms with E-state index in [1.165, 1.54) is 0 Å². The highest BCUT2D eigenvalue weighted by Crippen LogP contribution is 2.18. The third-order valence-corrected chi connectivity index (χ3v) is 4.23. The van der Waals surface area contributed by atoms with Crippen molar-refractivity contribution in [3.8, 4) is 0 Å². The molecule has 0 radical (unpaired) electrons. The smallest absolute Gasteiger partial charge is 0.305 e. The summed E-state index contributed by atoms with van der Waals surface area (Å²) in [6.07, 6.45) is 6.05. The van der Waals surface area contributed by atoms with E-state index < -0.39 is 5.97 Å². The van der Waals surface area contributed by atoms with Gasteiger partial charge in [0, 0.05) is 44.4 Å². The van der Waals surface area contributed by atoms with Crippen LogP contribution in [0.5, 0.6) is 0 Å². The van der Waals surface area contributed by atoms with Crippen LogP contribution in [0.15, 0.2) is 30.6 Å². The molecule has 10 heteroatoms. The maximum Gasteiger partial charge on any atom is 0.305 e. The number of amides is 1. The number of aromatic nitrogens is 4. The molecule has 3 aromatic rings. The number of nitrogens with one attached hydrogen (secondary N) is 2. The molecule has 0 spiro atoms. The first-order chi connectivity index (χ1) is 12.5. The molecule has 0 unspecified atom stereocenters. The van der Waals surface area contributed by atoms with Crippen LogP contribution in [0.25, 0.3) is 11.0 Å². The number of carboxylic acid groups (broad SMARTS) is 1. The summed E-state index contributed by atoms with van der Waals surface area (Å²) in [6, 6.07) is 5.33. The number of fused-ring (bicyclic) bond motifs is 1. The van der Waals surface area contributed by atoms with E-state index in [2.05, 4.69) is 20.3 Å². The number of halogens is 2. The summed E-state index contributed by atoms with van der Waals surface area (Å²) < 4.78 is 2.03. The van der Waals surface area contributed by atoms with Gasteiger partial charge in [-0.25, -0.2) is 9.97 Å². The molecule has 0 atom stereocenters. The van der Waals surface area contributed by atoms with E-state index in [4.69, 9.17) is 5.11 Å². The topological polar surface area (TPSA) is 113 Å². The number of carboxylic acids is 1. The quantitative estimate of drug-likeness (QED) is 0.426. The van der Waals surface area contributed by atoms with E-state index in [0.717, 1.165) is 41.9 Å². The molecule has 3 rings (SSSR count). The molecule has 1 aromatic carbocycles. The molecule has 0 bridgehead atoms. The Bertz CT molecular complexity index is 925. The number of rotatable bonds is 8. The van der Waals surface area contributed by atoms with E-state index in [-0.39, 0.29) is 52.8 Å². The molecule has 0 saturated heterocycles. The van der Waals surface area contributed by atoms with E-state index in [1.54, 1.807) is 18.3 Å². The fraction of sp³-hybridized carbons (Fsp3) is 0.333. The Labute approximate surface area is 183 Å². The van der Waals surface area contributed by atoms with E-state index in [0.29, 0.717) is 5.56 Å². The van der Waals surface area contributed by atoms with Gasteiger partial charge >= 0.3 is 5.97 Å². The monoisotopic (exact) mass is 515 g/mol. The van der Waals surface area contributed by atoms with Crippen LogP contribution in [0.4, 0.5) is 0 Å². The van der Waals surface area contributed by atoms with E-state index in [9.17, 15) is 9.59 Å². The van der Waals surface area contributed by atoms with Crippen molar-refractivity contribution < 1.29 is 14.7 Å². The third-order valence-electron chi connectivity index (χ3n) is 4.23. The van der Waals surface area contributed by atoms with Crippen molar-refractivity contribution >= 4 is 56.9 Å². The van der Waals surface area contributed by atoms with Crippen molar-refractivity contribution in [3.63, 3.8) is 0 Å². The van der Waals surface area contributed by atoms with E-state index in [1.807, 2.05) is 23.9 Å². The second kappa shape index (κ2) is 11.0. The van der Waals surface area contributed by atoms with Crippen LogP contribution in [0.3, 0.4) is 0 Å². The van der Waals surface area contributed by atoms with Crippen molar-refractivity contribution in [1.29, 1.82) is 0 Å². The van der Waals surface area contributed by atoms with Crippen LogP contribution in [0.1, 0.15) is 34.8 Å². The number of aromatic amines is 1. The van der Waals surface area contributed by atoms with Gasteiger partial charge in [-0.3, -0.25) is 9.59 Å². The van der Waals surface area contributed by atoms with Gasteiger partial charge in [0.15, 0.2) is 0 Å². The second-order valence-corrected chi connectivity index (χ2v) is 6.08. The first-order valence-electron chi connectivity index (χ1n) is 8.48. The molecule has 0 fully saturated rings. The number of nitrogens with zero attached hydrogens (tertiary/aromatic N) is 3. The fourth-order valence-corrected chi connectivity index (χ4v) is 2.85. The average molecular weight is 517 g/mol. The molecule has 2 heterocycles. The maximum absolute atomic E-state index is 12.1. The van der Waals surface area contributed by atoms with Crippen molar-refractivity contribution in [2.75, 3.05) is 6.54 Å². The molecule has 152 valence electrons. The van der Waals surface area contributed by atoms with Crippen LogP contribution in [0.2, 0.25) is 0 Å². The Morgan fingerprint density at radius 2 is 2.04 bits per heavy atom. The number of aliphatic carboxylic acids is 1. The standard InChI is InChI=1S/C18H21N5O3.2BrH/c1-23-14-6-5-12(18(26)21-8-7-17(24)25)11-13(14)22-16(23)4-2-3-15-19-9-10-20-15;;/h5-6,9-11H,2-4,7-8H2,1H3,(H,19,20)(H,21,26)(H,24,25);2*1H. The zero-order valence-corrected chi connectivity index (χ0v) is 18.8. The third kappa shape index (κ3) is 5.90. The summed E-state index contributed by atoms with van der Waals surface area (Å²) in [5.41, 5.74) is 2.19. The highest BCUT2D eigenvalue weighted by molar-refractivity contribution is 8.93. The largest absolute Gasteiger partial charge is 0.481 e. The van der Waals surface area contributed by atoms with Gasteiger partial charge in [-0.15, -0.1) is 34.0 Å². The summed E-state index contributed by atoms with van der Waals surface area (Å²) in [6.45, 7) is 0.104. The number of carbonyl (C=O) groups is 2. The Morgan fingerprint density at radius 1 is 1.25 bits per heavy atom. The lowest BCUT2D eigenvalue weighted by molar-refractivity contribution is -0.136. The Balaban J connectivity index is 0.00000196. The minimum atomic E-state index is -0.940. The molecule has 0 aliphatic carbocycles. The molecular weight excluding hydrogens is 494 g/mol. The number of carbonyl (C=O) groups excluding carboxylic acids is 1. The van der Waals surface area contributed by atoms with Gasteiger partial charge in [0.1, 0.15) is 11.6 Å². The Kier molecular flexibility index (Phi) is 9.33. The predicted molar refractivity (Wildman–Crippen MR) is 117 cm³/mol. The van der Waals surface area contributed by atoms with Gasteiger partial charge in [0.25, 0.3) is 5.91 Å². The number of aryl methyl sites for hydroxylation is 3. The zero-order valence-electron chi connectivity index (χ0n) is 15.3. The van der Waals surface area contributed by atoms with Gasteiger partial charge in [-0.2, -0.15) is 0 Å². The van der Waals surface area contributed by atoms with Gasteiger partial charge in [-0.05, 0) is 24.6 Å². The highest BCUT2D eigenvalue weighted by Gasteiger charge is 2.12. The predicted octanol–water partition coefficient (Wildman–Crippen LogP) is 2.83. The minimum Gasteiger partial charge on any atom is -0.481 e. The summed E-state index contributed by atoms with van der Waals surface area (Å²) in [5.74, 6) is 0.682. The highest BCUT2D eigenvalue weighted by atomic mass is 79.9. The van der Waals surface area contributed by atoms with Crippen LogP contribution in [0, 0.1) is 0 Å². The van der Waals surface area contributed by atoms with Crippen molar-refractivity contribution in [2.45, 2.75) is 25.7 Å². The lowest BCUT2D eigenvalue weighted by atomic mass is 10.2. The molecule has 2 aromatic heterocycles. The number of H-pyrrole nitrogens is 1. The molecule has 0 aliphatic rings. The van der Waals surface area contributed by atoms with Crippen molar-refractivity contribution in [2.24, 2.45) is 7.05 Å². The first kappa shape index (κ1) is 23.8. The SMILES string of the molecule is Br.Br.Cn1c(CCCc2ncc[nH]2)nc2cc(C(=O)NCCC(=O)O)ccc21. The lowest BCUT2D eigenvalue weighted by Crippen LogP contribution is -2.25. The van der Waals surface area contributed by atoms with Crippen molar-refractivity contribution in [1.82, 2.24) is 24.8 Å². The van der Waals surface area contributed by atoms with Gasteiger partial charge in [0.2, 0.25) is 0 Å². The minimum absolute atomic E-state index is 0. The van der Waals surface area contributed by atoms with E-state index >= 15 is 0 Å². The van der Waals surface area contributed by atoms with Crippen LogP contribution < -0.4 is 5.32 Å². The molecule has 8 nitrogen and oxygen atoms in total. The molecule has 28 heavy (non-hydrogen) atoms. The van der Waals surface area contributed by atoms with Gasteiger partial charge < -0.3 is 20.0 Å². The van der Waals surface area contributed by atoms with Gasteiger partial charge in [-0.1, -0.05) is 0 Å². The molecule has 0 saturated carbocycles. The molecule has 1 amide bonds. The Morgan fingerprint density at radius 3 is 2.71 bits per heavy atom. The molecule has 0 aliphatic heterocycles. The Hall–Kier alpha value is -2.20. The lowest BCUT2D eigenvalue weighted by Gasteiger charge is -2.04. The van der Waals surface area contributed by atoms with Crippen LogP contribution in [-0.4, -0.2) is 43.0 Å². The average Bonchev–Trinajstić information content (AvgIpc) is 3.23. The van der Waals surface area contributed by atoms with Gasteiger partial charge in [0.05, 0.1) is 17.5 Å². The zero-order chi connectivity index (χ0) is 18.5. The van der Waals surface area contributed by atoms with Crippen molar-refractivity contribution in [3.05, 3.63) is 47.8 Å². The normalized spacial score (nSPS) is 10.2. The number of hydrogen-bond donors (Lipinski definition) is 3. The second-order valence-electron chi connectivity index (χ2n) is 6.08. The summed E-state index contributed by atoms with van der Waals surface area (Å²) >= 11 is 0. The summed E-state index contributed by atoms with van der Waals surface area (Å²) in [7, 11) is 1.96. The van der Waals surface area contributed by atoms with Crippen LogP contribution >= 0.6 is 34.0 Å². The number of benzene rings is 1. The summed E-state index contributed by atoms with van der Waals surface area (Å²) in [5, 5.41) is 11.2. The number of imidazole rings is 2. The first-order valence-corrected chi connectivity index (χ1v) is 8.48. The molecule has 3 N–H and O–H groups in total. The summed E-state index contributed by atoms with van der Waals surface area (Å²) in [4.78, 5) is 34.6. The maximum atomic E-state index is 12.1. The van der Waals surface area contributed by atoms with Crippen LogP contribution in [-0.2, 0) is 24.7 Å².